The number of carbonyl (C=O) groups excluding carboxylic acids is 1. The Labute approximate surface area is 192 Å². The number of aromatic nitrogens is 3. The zero-order chi connectivity index (χ0) is 22.9. The van der Waals surface area contributed by atoms with Gasteiger partial charge >= 0.3 is 0 Å². The van der Waals surface area contributed by atoms with Gasteiger partial charge in [-0.1, -0.05) is 30.3 Å². The first-order valence-corrected chi connectivity index (χ1v) is 11.9. The number of rotatable bonds is 10. The van der Waals surface area contributed by atoms with E-state index in [2.05, 4.69) is 46.1 Å². The van der Waals surface area contributed by atoms with Crippen molar-refractivity contribution in [1.29, 1.82) is 0 Å². The number of benzene rings is 1. The monoisotopic (exact) mass is 439 g/mol. The normalized spacial score (nSPS) is 16.0. The van der Waals surface area contributed by atoms with Crippen molar-refractivity contribution in [1.82, 2.24) is 19.9 Å². The quantitative estimate of drug-likeness (QED) is 0.608. The highest BCUT2D eigenvalue weighted by atomic mass is 16.2. The lowest BCUT2D eigenvalue weighted by molar-refractivity contribution is -0.135. The number of nitrogens with zero attached hydrogens (tertiary/aromatic N) is 6. The van der Waals surface area contributed by atoms with E-state index in [1.54, 1.807) is 0 Å². The molecule has 1 atom stereocenters. The van der Waals surface area contributed by atoms with E-state index >= 15 is 0 Å². The third kappa shape index (κ3) is 5.87. The van der Waals surface area contributed by atoms with Crippen LogP contribution in [-0.4, -0.2) is 65.0 Å². The first kappa shape index (κ1) is 23.8. The molecule has 1 unspecified atom stereocenters. The second-order valence-electron chi connectivity index (χ2n) is 8.07. The molecule has 1 aromatic carbocycles. The molecule has 32 heavy (non-hydrogen) atoms. The highest BCUT2D eigenvalue weighted by molar-refractivity contribution is 5.79. The van der Waals surface area contributed by atoms with Crippen molar-refractivity contribution in [2.45, 2.75) is 47.1 Å². The summed E-state index contributed by atoms with van der Waals surface area (Å²) in [6.07, 6.45) is 1.87. The molecule has 1 amide bonds. The highest BCUT2D eigenvalue weighted by Crippen LogP contribution is 2.24. The minimum atomic E-state index is -0.0157. The van der Waals surface area contributed by atoms with E-state index in [0.29, 0.717) is 30.9 Å². The molecule has 1 aliphatic rings. The minimum Gasteiger partial charge on any atom is -0.350 e. The number of hydrogen-bond donors (Lipinski definition) is 1. The van der Waals surface area contributed by atoms with E-state index < -0.39 is 0 Å². The lowest BCUT2D eigenvalue weighted by atomic mass is 9.96. The average molecular weight is 440 g/mol. The van der Waals surface area contributed by atoms with Gasteiger partial charge in [0.05, 0.1) is 5.92 Å². The van der Waals surface area contributed by atoms with Gasteiger partial charge in [0.25, 0.3) is 0 Å². The lowest BCUT2D eigenvalue weighted by Crippen LogP contribution is -2.45. The number of anilines is 3. The molecule has 174 valence electrons. The first-order chi connectivity index (χ1) is 15.6. The summed E-state index contributed by atoms with van der Waals surface area (Å²) in [6, 6.07) is 10.2. The van der Waals surface area contributed by atoms with Gasteiger partial charge in [0.15, 0.2) is 0 Å². The Morgan fingerprint density at radius 2 is 1.75 bits per heavy atom. The Balaban J connectivity index is 1.83. The predicted octanol–water partition coefficient (Wildman–Crippen LogP) is 3.41. The van der Waals surface area contributed by atoms with Crippen molar-refractivity contribution < 1.29 is 4.79 Å². The van der Waals surface area contributed by atoms with Crippen molar-refractivity contribution in [3.63, 3.8) is 0 Å². The third-order valence-corrected chi connectivity index (χ3v) is 6.08. The summed E-state index contributed by atoms with van der Waals surface area (Å²) >= 11 is 0. The Bertz CT molecular complexity index is 853. The molecule has 3 rings (SSSR count). The molecule has 0 spiro atoms. The van der Waals surface area contributed by atoms with Crippen LogP contribution in [0.3, 0.4) is 0 Å². The molecule has 8 nitrogen and oxygen atoms in total. The maximum absolute atomic E-state index is 13.0. The summed E-state index contributed by atoms with van der Waals surface area (Å²) in [5, 5.41) is 3.36. The Morgan fingerprint density at radius 3 is 2.41 bits per heavy atom. The molecule has 0 radical (unpaired) electrons. The van der Waals surface area contributed by atoms with E-state index in [0.717, 1.165) is 45.6 Å². The first-order valence-electron chi connectivity index (χ1n) is 11.9. The third-order valence-electron chi connectivity index (χ3n) is 6.08. The summed E-state index contributed by atoms with van der Waals surface area (Å²) in [5.41, 5.74) is 1.17. The molecule has 1 fully saturated rings. The molecule has 2 heterocycles. The van der Waals surface area contributed by atoms with Crippen LogP contribution in [0.4, 0.5) is 17.8 Å². The molecule has 1 N–H and O–H groups in total. The van der Waals surface area contributed by atoms with Gasteiger partial charge in [0.1, 0.15) is 0 Å². The number of piperidine rings is 1. The zero-order valence-electron chi connectivity index (χ0n) is 19.9. The van der Waals surface area contributed by atoms with E-state index in [4.69, 9.17) is 9.97 Å². The molecule has 0 bridgehead atoms. The fourth-order valence-electron chi connectivity index (χ4n) is 4.15. The van der Waals surface area contributed by atoms with E-state index in [1.165, 1.54) is 5.56 Å². The summed E-state index contributed by atoms with van der Waals surface area (Å²) in [7, 11) is 0. The zero-order valence-corrected chi connectivity index (χ0v) is 19.9. The van der Waals surface area contributed by atoms with Crippen LogP contribution in [0, 0.1) is 5.92 Å². The number of hydrogen-bond acceptors (Lipinski definition) is 7. The number of carbonyl (C=O) groups is 1. The Hall–Kier alpha value is -2.90. The maximum atomic E-state index is 13.0. The van der Waals surface area contributed by atoms with Gasteiger partial charge in [-0.2, -0.15) is 15.0 Å². The summed E-state index contributed by atoms with van der Waals surface area (Å²) < 4.78 is 0. The molecule has 1 aromatic heterocycles. The van der Waals surface area contributed by atoms with Gasteiger partial charge < -0.3 is 20.0 Å². The second-order valence-corrected chi connectivity index (χ2v) is 8.07. The number of nitrogens with one attached hydrogen (secondary N) is 1. The van der Waals surface area contributed by atoms with Gasteiger partial charge in [-0.3, -0.25) is 4.79 Å². The van der Waals surface area contributed by atoms with Gasteiger partial charge in [-0.25, -0.2) is 0 Å². The van der Waals surface area contributed by atoms with Gasteiger partial charge in [0.2, 0.25) is 23.8 Å². The lowest BCUT2D eigenvalue weighted by Gasteiger charge is -2.35. The van der Waals surface area contributed by atoms with Crippen LogP contribution < -0.4 is 15.1 Å². The molecule has 8 heteroatoms. The van der Waals surface area contributed by atoms with Crippen LogP contribution in [-0.2, 0) is 11.3 Å². The summed E-state index contributed by atoms with van der Waals surface area (Å²) in [6.45, 7) is 13.6. The van der Waals surface area contributed by atoms with Crippen LogP contribution in [0.25, 0.3) is 0 Å². The Kier molecular flexibility index (Phi) is 8.64. The fourth-order valence-corrected chi connectivity index (χ4v) is 4.15. The van der Waals surface area contributed by atoms with Crippen LogP contribution in [0.5, 0.6) is 0 Å². The summed E-state index contributed by atoms with van der Waals surface area (Å²) in [5.74, 6) is 2.11. The minimum absolute atomic E-state index is 0.0157. The van der Waals surface area contributed by atoms with Crippen molar-refractivity contribution in [2.24, 2.45) is 5.92 Å². The highest BCUT2D eigenvalue weighted by Gasteiger charge is 2.30. The molecule has 1 saturated heterocycles. The topological polar surface area (TPSA) is 77.5 Å². The van der Waals surface area contributed by atoms with E-state index in [-0.39, 0.29) is 11.8 Å². The standard InChI is InChI=1S/C24H37N7O/c1-5-29(6-2)21(32)20-15-12-16-31(18-20)24-27-22(25-17-19-13-10-9-11-14-19)26-23(28-24)30(7-3)8-4/h9-11,13-14,20H,5-8,12,15-18H2,1-4H3,(H,25,26,27,28). The van der Waals surface area contributed by atoms with Crippen LogP contribution in [0.1, 0.15) is 46.1 Å². The van der Waals surface area contributed by atoms with Crippen LogP contribution in [0.15, 0.2) is 30.3 Å². The predicted molar refractivity (Wildman–Crippen MR) is 130 cm³/mol. The van der Waals surface area contributed by atoms with Crippen molar-refractivity contribution in [3.8, 4) is 0 Å². The second kappa shape index (κ2) is 11.6. The molecular formula is C24H37N7O. The molecule has 1 aliphatic heterocycles. The molecule has 0 saturated carbocycles. The maximum Gasteiger partial charge on any atom is 0.231 e. The van der Waals surface area contributed by atoms with E-state index in [9.17, 15) is 4.79 Å². The van der Waals surface area contributed by atoms with Gasteiger partial charge in [-0.15, -0.1) is 0 Å². The number of amides is 1. The largest absolute Gasteiger partial charge is 0.350 e. The average Bonchev–Trinajstić information content (AvgIpc) is 2.85. The molecule has 2 aromatic rings. The van der Waals surface area contributed by atoms with Gasteiger partial charge in [0, 0.05) is 45.8 Å². The van der Waals surface area contributed by atoms with Crippen LogP contribution in [0.2, 0.25) is 0 Å². The molecule has 0 aliphatic carbocycles. The van der Waals surface area contributed by atoms with Crippen molar-refractivity contribution >= 4 is 23.8 Å². The van der Waals surface area contributed by atoms with Crippen molar-refractivity contribution in [2.75, 3.05) is 54.4 Å². The fraction of sp³-hybridized carbons (Fsp3) is 0.583. The summed E-state index contributed by atoms with van der Waals surface area (Å²) in [4.78, 5) is 33.4. The van der Waals surface area contributed by atoms with Crippen LogP contribution >= 0.6 is 0 Å². The van der Waals surface area contributed by atoms with Crippen molar-refractivity contribution in [3.05, 3.63) is 35.9 Å². The Morgan fingerprint density at radius 1 is 1.03 bits per heavy atom. The smallest absolute Gasteiger partial charge is 0.231 e. The molecular weight excluding hydrogens is 402 g/mol. The SMILES string of the molecule is CCN(CC)C(=O)C1CCCN(c2nc(NCc3ccccc3)nc(N(CC)CC)n2)C1. The van der Waals surface area contributed by atoms with E-state index in [1.807, 2.05) is 36.9 Å². The van der Waals surface area contributed by atoms with Gasteiger partial charge in [-0.05, 0) is 46.1 Å².